The first-order valence-electron chi connectivity index (χ1n) is 4.75. The monoisotopic (exact) mass is 211 g/mol. The zero-order valence-electron chi connectivity index (χ0n) is 8.69. The van der Waals surface area contributed by atoms with Crippen molar-refractivity contribution in [2.24, 2.45) is 5.92 Å². The highest BCUT2D eigenvalue weighted by atomic mass is 19.4. The number of halogens is 3. The molecule has 1 rings (SSSR count). The molecule has 1 heterocycles. The lowest BCUT2D eigenvalue weighted by molar-refractivity contribution is -0.158. The van der Waals surface area contributed by atoms with Crippen LogP contribution >= 0.6 is 0 Å². The molecule has 1 atom stereocenters. The van der Waals surface area contributed by atoms with Gasteiger partial charge in [-0.1, -0.05) is 20.8 Å². The maximum atomic E-state index is 11.8. The number of likely N-dealkylation sites (tertiary alicyclic amines) is 1. The molecular formula is C9H16F3NO. The van der Waals surface area contributed by atoms with E-state index in [9.17, 15) is 18.0 Å². The molecule has 14 heavy (non-hydrogen) atoms. The third-order valence-corrected chi connectivity index (χ3v) is 1.94. The first kappa shape index (κ1) is 13.3. The van der Waals surface area contributed by atoms with Gasteiger partial charge in [-0.2, -0.15) is 13.2 Å². The molecule has 1 aliphatic rings. The van der Waals surface area contributed by atoms with Crippen molar-refractivity contribution in [3.8, 4) is 0 Å². The summed E-state index contributed by atoms with van der Waals surface area (Å²) in [7, 11) is 0. The predicted molar refractivity (Wildman–Crippen MR) is 47.8 cm³/mol. The Hall–Kier alpha value is -0.740. The molecule has 5 heteroatoms. The van der Waals surface area contributed by atoms with Crippen LogP contribution in [0.2, 0.25) is 0 Å². The van der Waals surface area contributed by atoms with Gasteiger partial charge >= 0.3 is 6.18 Å². The third-order valence-electron chi connectivity index (χ3n) is 1.94. The van der Waals surface area contributed by atoms with Gasteiger partial charge in [0.2, 0.25) is 5.91 Å². The summed E-state index contributed by atoms with van der Waals surface area (Å²) in [6.45, 7) is 4.79. The fraction of sp³-hybridized carbons (Fsp3) is 0.889. The second-order valence-corrected chi connectivity index (χ2v) is 3.06. The van der Waals surface area contributed by atoms with Crippen molar-refractivity contribution in [1.29, 1.82) is 0 Å². The topological polar surface area (TPSA) is 20.3 Å². The number of carbonyl (C=O) groups excluding carboxylic acids is 1. The van der Waals surface area contributed by atoms with Crippen LogP contribution in [0, 0.1) is 5.92 Å². The number of rotatable bonds is 1. The molecule has 84 valence electrons. The summed E-state index contributed by atoms with van der Waals surface area (Å²) in [6.07, 6.45) is -3.73. The van der Waals surface area contributed by atoms with Crippen molar-refractivity contribution < 1.29 is 18.0 Å². The minimum Gasteiger partial charge on any atom is -0.333 e. The van der Waals surface area contributed by atoms with E-state index >= 15 is 0 Å². The lowest BCUT2D eigenvalue weighted by Gasteiger charge is -2.17. The standard InChI is InChI=1S/C7H10F3NO.C2H6/c1-5-2-3-11(6(5)12)4-7(8,9)10;1-2/h5H,2-4H2,1H3;1-2H3. The Bertz CT molecular complexity index is 191. The Morgan fingerprint density at radius 3 is 2.21 bits per heavy atom. The first-order chi connectivity index (χ1) is 6.40. The van der Waals surface area contributed by atoms with E-state index in [0.717, 1.165) is 4.90 Å². The number of hydrogen-bond acceptors (Lipinski definition) is 1. The summed E-state index contributed by atoms with van der Waals surface area (Å²) in [5.41, 5.74) is 0. The van der Waals surface area contributed by atoms with Crippen LogP contribution < -0.4 is 0 Å². The Labute approximate surface area is 82.1 Å². The molecule has 0 aromatic heterocycles. The first-order valence-corrected chi connectivity index (χ1v) is 4.75. The molecule has 0 aromatic rings. The van der Waals surface area contributed by atoms with E-state index in [0.29, 0.717) is 6.42 Å². The molecule has 1 unspecified atom stereocenters. The fourth-order valence-corrected chi connectivity index (χ4v) is 1.27. The SMILES string of the molecule is CC.CC1CCN(CC(F)(F)F)C1=O. The van der Waals surface area contributed by atoms with Gasteiger partial charge < -0.3 is 4.90 Å². The van der Waals surface area contributed by atoms with Gasteiger partial charge in [0.25, 0.3) is 0 Å². The minimum absolute atomic E-state index is 0.236. The van der Waals surface area contributed by atoms with Crippen molar-refractivity contribution in [2.75, 3.05) is 13.1 Å². The fourth-order valence-electron chi connectivity index (χ4n) is 1.27. The van der Waals surface area contributed by atoms with Gasteiger partial charge in [0.1, 0.15) is 6.54 Å². The predicted octanol–water partition coefficient (Wildman–Crippen LogP) is 2.44. The van der Waals surface area contributed by atoms with Crippen LogP contribution in [0.4, 0.5) is 13.2 Å². The van der Waals surface area contributed by atoms with E-state index < -0.39 is 12.7 Å². The molecule has 1 amide bonds. The van der Waals surface area contributed by atoms with Crippen molar-refractivity contribution >= 4 is 5.91 Å². The van der Waals surface area contributed by atoms with Gasteiger partial charge in [-0.25, -0.2) is 0 Å². The van der Waals surface area contributed by atoms with E-state index in [1.54, 1.807) is 6.92 Å². The van der Waals surface area contributed by atoms with E-state index in [2.05, 4.69) is 0 Å². The summed E-state index contributed by atoms with van der Waals surface area (Å²) in [6, 6.07) is 0. The van der Waals surface area contributed by atoms with Gasteiger partial charge in [-0.3, -0.25) is 4.79 Å². The maximum Gasteiger partial charge on any atom is 0.406 e. The summed E-state index contributed by atoms with van der Waals surface area (Å²) in [5.74, 6) is -0.625. The molecule has 2 nitrogen and oxygen atoms in total. The van der Waals surface area contributed by atoms with Gasteiger partial charge in [0, 0.05) is 12.5 Å². The second-order valence-electron chi connectivity index (χ2n) is 3.06. The average molecular weight is 211 g/mol. The van der Waals surface area contributed by atoms with Crippen molar-refractivity contribution in [1.82, 2.24) is 4.90 Å². The summed E-state index contributed by atoms with van der Waals surface area (Å²) < 4.78 is 35.4. The van der Waals surface area contributed by atoms with Crippen LogP contribution in [0.5, 0.6) is 0 Å². The Kier molecular flexibility index (Phi) is 4.94. The third kappa shape index (κ3) is 3.98. The highest BCUT2D eigenvalue weighted by molar-refractivity contribution is 5.80. The number of carbonyl (C=O) groups is 1. The van der Waals surface area contributed by atoms with Gasteiger partial charge in [-0.05, 0) is 6.42 Å². The van der Waals surface area contributed by atoms with E-state index in [1.165, 1.54) is 0 Å². The summed E-state index contributed by atoms with van der Waals surface area (Å²) in [4.78, 5) is 11.9. The van der Waals surface area contributed by atoms with Crippen molar-refractivity contribution in [3.63, 3.8) is 0 Å². The summed E-state index contributed by atoms with van der Waals surface area (Å²) in [5, 5.41) is 0. The molecule has 0 aromatic carbocycles. The number of alkyl halides is 3. The van der Waals surface area contributed by atoms with Crippen LogP contribution in [0.15, 0.2) is 0 Å². The lowest BCUT2D eigenvalue weighted by atomic mass is 10.1. The molecule has 0 radical (unpaired) electrons. The Morgan fingerprint density at radius 1 is 1.43 bits per heavy atom. The molecule has 0 bridgehead atoms. The number of hydrogen-bond donors (Lipinski definition) is 0. The van der Waals surface area contributed by atoms with Crippen LogP contribution in [0.1, 0.15) is 27.2 Å². The Morgan fingerprint density at radius 2 is 1.93 bits per heavy atom. The Balaban J connectivity index is 0.000000791. The van der Waals surface area contributed by atoms with Crippen LogP contribution in [-0.2, 0) is 4.79 Å². The zero-order chi connectivity index (χ0) is 11.4. The van der Waals surface area contributed by atoms with E-state index in [4.69, 9.17) is 0 Å². The normalized spacial score (nSPS) is 22.0. The summed E-state index contributed by atoms with van der Waals surface area (Å²) >= 11 is 0. The highest BCUT2D eigenvalue weighted by Gasteiger charge is 2.37. The maximum absolute atomic E-state index is 11.8. The average Bonchev–Trinajstić information content (AvgIpc) is 2.38. The van der Waals surface area contributed by atoms with Crippen LogP contribution in [-0.4, -0.2) is 30.1 Å². The molecule has 1 aliphatic heterocycles. The van der Waals surface area contributed by atoms with Crippen LogP contribution in [0.25, 0.3) is 0 Å². The second kappa shape index (κ2) is 5.22. The van der Waals surface area contributed by atoms with Crippen molar-refractivity contribution in [2.45, 2.75) is 33.4 Å². The molecular weight excluding hydrogens is 195 g/mol. The van der Waals surface area contributed by atoms with Gasteiger partial charge in [-0.15, -0.1) is 0 Å². The smallest absolute Gasteiger partial charge is 0.333 e. The molecule has 0 N–H and O–H groups in total. The molecule has 0 saturated carbocycles. The molecule has 1 fully saturated rings. The quantitative estimate of drug-likeness (QED) is 0.652. The van der Waals surface area contributed by atoms with Crippen LogP contribution in [0.3, 0.4) is 0 Å². The van der Waals surface area contributed by atoms with Gasteiger partial charge in [0.05, 0.1) is 0 Å². The minimum atomic E-state index is -4.26. The number of nitrogens with zero attached hydrogens (tertiary/aromatic N) is 1. The van der Waals surface area contributed by atoms with E-state index in [1.807, 2.05) is 13.8 Å². The highest BCUT2D eigenvalue weighted by Crippen LogP contribution is 2.23. The van der Waals surface area contributed by atoms with Gasteiger partial charge in [0.15, 0.2) is 0 Å². The largest absolute Gasteiger partial charge is 0.406 e. The van der Waals surface area contributed by atoms with Crippen molar-refractivity contribution in [3.05, 3.63) is 0 Å². The lowest BCUT2D eigenvalue weighted by Crippen LogP contribution is -2.35. The molecule has 0 spiro atoms. The number of amides is 1. The zero-order valence-corrected chi connectivity index (χ0v) is 8.69. The van der Waals surface area contributed by atoms with E-state index in [-0.39, 0.29) is 18.4 Å². The molecule has 0 aliphatic carbocycles. The molecule has 1 saturated heterocycles.